The molecule has 3 heteroatoms. The van der Waals surface area contributed by atoms with Crippen molar-refractivity contribution in [3.8, 4) is 0 Å². The summed E-state index contributed by atoms with van der Waals surface area (Å²) in [7, 11) is 0. The van der Waals surface area contributed by atoms with Crippen molar-refractivity contribution in [2.24, 2.45) is 0 Å². The van der Waals surface area contributed by atoms with Crippen LogP contribution in [0, 0.1) is 0 Å². The highest BCUT2D eigenvalue weighted by Gasteiger charge is 2.37. The third-order valence-electron chi connectivity index (χ3n) is 5.74. The molecule has 2 rings (SSSR count). The van der Waals surface area contributed by atoms with Gasteiger partial charge in [0, 0.05) is 12.1 Å². The van der Waals surface area contributed by atoms with Crippen LogP contribution in [-0.4, -0.2) is 35.6 Å². The molecule has 0 N–H and O–H groups in total. The monoisotopic (exact) mass is 323 g/mol. The molecule has 0 saturated heterocycles. The molecule has 0 aliphatic heterocycles. The average molecular weight is 324 g/mol. The zero-order chi connectivity index (χ0) is 16.5. The molecule has 2 aliphatic rings. The Bertz CT molecular complexity index is 315. The van der Waals surface area contributed by atoms with Gasteiger partial charge in [-0.15, -0.1) is 0 Å². The van der Waals surface area contributed by atoms with E-state index >= 15 is 0 Å². The average Bonchev–Trinajstić information content (AvgIpc) is 2.60. The van der Waals surface area contributed by atoms with Crippen LogP contribution in [0.15, 0.2) is 0 Å². The molecule has 3 nitrogen and oxygen atoms in total. The number of unbranched alkanes of at least 4 members (excludes halogenated alkanes) is 1. The molecular weight excluding hydrogens is 286 g/mol. The Morgan fingerprint density at radius 3 is 1.91 bits per heavy atom. The van der Waals surface area contributed by atoms with Gasteiger partial charge in [0.1, 0.15) is 6.04 Å². The standard InChI is InChI=1S/C20H37NO2/c1-3-5-16-19(20(22)23-4-2)21(17-12-8-6-9-13-17)18-14-10-7-11-15-18/h17-19H,3-16H2,1-2H3. The van der Waals surface area contributed by atoms with E-state index in [0.29, 0.717) is 18.7 Å². The molecule has 0 spiro atoms. The second-order valence-electron chi connectivity index (χ2n) is 7.44. The van der Waals surface area contributed by atoms with E-state index in [9.17, 15) is 4.79 Å². The molecule has 0 radical (unpaired) electrons. The first-order valence-corrected chi connectivity index (χ1v) is 10.2. The van der Waals surface area contributed by atoms with Gasteiger partial charge in [-0.3, -0.25) is 9.69 Å². The van der Waals surface area contributed by atoms with Gasteiger partial charge < -0.3 is 4.74 Å². The molecule has 0 bridgehead atoms. The van der Waals surface area contributed by atoms with Gasteiger partial charge in [0.05, 0.1) is 6.61 Å². The van der Waals surface area contributed by atoms with E-state index in [-0.39, 0.29) is 12.0 Å². The molecule has 2 saturated carbocycles. The number of nitrogens with zero attached hydrogens (tertiary/aromatic N) is 1. The van der Waals surface area contributed by atoms with Crippen molar-refractivity contribution < 1.29 is 9.53 Å². The number of carbonyl (C=O) groups is 1. The Morgan fingerprint density at radius 2 is 1.48 bits per heavy atom. The number of rotatable bonds is 8. The molecule has 1 unspecified atom stereocenters. The lowest BCUT2D eigenvalue weighted by Crippen LogP contribution is -2.54. The van der Waals surface area contributed by atoms with E-state index in [1.165, 1.54) is 64.2 Å². The molecule has 2 aliphatic carbocycles. The van der Waals surface area contributed by atoms with Gasteiger partial charge in [-0.2, -0.15) is 0 Å². The third kappa shape index (κ3) is 5.48. The molecule has 0 aromatic rings. The Labute approximate surface area is 143 Å². The maximum Gasteiger partial charge on any atom is 0.323 e. The van der Waals surface area contributed by atoms with Crippen LogP contribution < -0.4 is 0 Å². The van der Waals surface area contributed by atoms with Crippen LogP contribution in [0.25, 0.3) is 0 Å². The van der Waals surface area contributed by atoms with E-state index < -0.39 is 0 Å². The van der Waals surface area contributed by atoms with Crippen LogP contribution in [0.2, 0.25) is 0 Å². The maximum absolute atomic E-state index is 12.7. The first-order chi connectivity index (χ1) is 11.3. The molecule has 23 heavy (non-hydrogen) atoms. The third-order valence-corrected chi connectivity index (χ3v) is 5.74. The summed E-state index contributed by atoms with van der Waals surface area (Å²) in [6.07, 6.45) is 16.4. The van der Waals surface area contributed by atoms with E-state index in [2.05, 4.69) is 11.8 Å². The van der Waals surface area contributed by atoms with Gasteiger partial charge in [-0.05, 0) is 39.0 Å². The number of hydrogen-bond donors (Lipinski definition) is 0. The SMILES string of the molecule is CCCCC(C(=O)OCC)N(C1CCCCC1)C1CCCCC1. The van der Waals surface area contributed by atoms with Gasteiger partial charge in [-0.1, -0.05) is 58.3 Å². The number of ether oxygens (including phenoxy) is 1. The van der Waals surface area contributed by atoms with Crippen LogP contribution in [0.4, 0.5) is 0 Å². The molecule has 0 amide bonds. The molecular formula is C20H37NO2. The first-order valence-electron chi connectivity index (χ1n) is 10.2. The highest BCUT2D eigenvalue weighted by atomic mass is 16.5. The minimum Gasteiger partial charge on any atom is -0.465 e. The maximum atomic E-state index is 12.7. The summed E-state index contributed by atoms with van der Waals surface area (Å²) in [5, 5.41) is 0. The van der Waals surface area contributed by atoms with E-state index in [1.807, 2.05) is 6.92 Å². The van der Waals surface area contributed by atoms with Gasteiger partial charge in [0.15, 0.2) is 0 Å². The van der Waals surface area contributed by atoms with Gasteiger partial charge in [0.25, 0.3) is 0 Å². The van der Waals surface area contributed by atoms with Crippen molar-refractivity contribution in [2.75, 3.05) is 6.61 Å². The van der Waals surface area contributed by atoms with Crippen LogP contribution >= 0.6 is 0 Å². The molecule has 2 fully saturated rings. The number of hydrogen-bond acceptors (Lipinski definition) is 3. The van der Waals surface area contributed by atoms with Crippen molar-refractivity contribution in [1.29, 1.82) is 0 Å². The highest BCUT2D eigenvalue weighted by molar-refractivity contribution is 5.75. The summed E-state index contributed by atoms with van der Waals surface area (Å²) >= 11 is 0. The summed E-state index contributed by atoms with van der Waals surface area (Å²) in [6, 6.07) is 1.22. The molecule has 134 valence electrons. The van der Waals surface area contributed by atoms with Crippen LogP contribution in [0.5, 0.6) is 0 Å². The Balaban J connectivity index is 2.16. The number of esters is 1. The predicted molar refractivity (Wildman–Crippen MR) is 95.5 cm³/mol. The second-order valence-corrected chi connectivity index (χ2v) is 7.44. The fourth-order valence-electron chi connectivity index (χ4n) is 4.59. The summed E-state index contributed by atoms with van der Waals surface area (Å²) in [5.41, 5.74) is 0. The smallest absolute Gasteiger partial charge is 0.323 e. The van der Waals surface area contributed by atoms with Crippen LogP contribution in [0.1, 0.15) is 97.3 Å². The van der Waals surface area contributed by atoms with E-state index in [4.69, 9.17) is 4.74 Å². The van der Waals surface area contributed by atoms with Gasteiger partial charge in [0.2, 0.25) is 0 Å². The van der Waals surface area contributed by atoms with E-state index in [1.54, 1.807) is 0 Å². The Kier molecular flexibility index (Phi) is 8.43. The van der Waals surface area contributed by atoms with Gasteiger partial charge in [-0.25, -0.2) is 0 Å². The van der Waals surface area contributed by atoms with Crippen molar-refractivity contribution in [3.63, 3.8) is 0 Å². The first kappa shape index (κ1) is 18.8. The van der Waals surface area contributed by atoms with Crippen molar-refractivity contribution in [2.45, 2.75) is 115 Å². The fourth-order valence-corrected chi connectivity index (χ4v) is 4.59. The lowest BCUT2D eigenvalue weighted by Gasteiger charge is -2.45. The quantitative estimate of drug-likeness (QED) is 0.584. The minimum atomic E-state index is 0.00102. The summed E-state index contributed by atoms with van der Waals surface area (Å²) in [5.74, 6) is 0.0390. The summed E-state index contributed by atoms with van der Waals surface area (Å²) < 4.78 is 5.48. The van der Waals surface area contributed by atoms with E-state index in [0.717, 1.165) is 19.3 Å². The lowest BCUT2D eigenvalue weighted by atomic mass is 9.86. The topological polar surface area (TPSA) is 29.5 Å². The predicted octanol–water partition coefficient (Wildman–Crippen LogP) is 5.08. The fraction of sp³-hybridized carbons (Fsp3) is 0.950. The zero-order valence-electron chi connectivity index (χ0n) is 15.4. The largest absolute Gasteiger partial charge is 0.465 e. The van der Waals surface area contributed by atoms with Crippen molar-refractivity contribution >= 4 is 5.97 Å². The zero-order valence-corrected chi connectivity index (χ0v) is 15.4. The number of carbonyl (C=O) groups excluding carboxylic acids is 1. The van der Waals surface area contributed by atoms with Gasteiger partial charge >= 0.3 is 5.97 Å². The highest BCUT2D eigenvalue weighted by Crippen LogP contribution is 2.33. The second kappa shape index (κ2) is 10.3. The Morgan fingerprint density at radius 1 is 0.957 bits per heavy atom. The lowest BCUT2D eigenvalue weighted by molar-refractivity contribution is -0.153. The molecule has 0 aromatic carbocycles. The van der Waals surface area contributed by atoms with Crippen LogP contribution in [-0.2, 0) is 9.53 Å². The van der Waals surface area contributed by atoms with Crippen molar-refractivity contribution in [1.82, 2.24) is 4.90 Å². The van der Waals surface area contributed by atoms with Crippen LogP contribution in [0.3, 0.4) is 0 Å². The van der Waals surface area contributed by atoms with Crippen molar-refractivity contribution in [3.05, 3.63) is 0 Å². The molecule has 1 atom stereocenters. The normalized spacial score (nSPS) is 22.2. The summed E-state index contributed by atoms with van der Waals surface area (Å²) in [6.45, 7) is 4.65. The minimum absolute atomic E-state index is 0.00102. The molecule has 0 aromatic heterocycles. The Hall–Kier alpha value is -0.570. The molecule has 0 heterocycles. The summed E-state index contributed by atoms with van der Waals surface area (Å²) in [4.78, 5) is 15.4.